The zero-order valence-electron chi connectivity index (χ0n) is 19.1. The lowest BCUT2D eigenvalue weighted by Gasteiger charge is -2.32. The van der Waals surface area contributed by atoms with Crippen LogP contribution in [0.25, 0.3) is 0 Å². The first kappa shape index (κ1) is 23.9. The Labute approximate surface area is 181 Å². The monoisotopic (exact) mass is 430 g/mol. The molecule has 0 aliphatic carbocycles. The van der Waals surface area contributed by atoms with E-state index in [9.17, 15) is 13.2 Å². The number of nitrogens with one attached hydrogen (secondary N) is 1. The molecular formula is C24H34N2O3S. The molecule has 2 aromatic carbocycles. The summed E-state index contributed by atoms with van der Waals surface area (Å²) in [5.41, 5.74) is 5.71. The van der Waals surface area contributed by atoms with E-state index >= 15 is 0 Å². The molecule has 164 valence electrons. The van der Waals surface area contributed by atoms with Crippen LogP contribution in [0.2, 0.25) is 0 Å². The summed E-state index contributed by atoms with van der Waals surface area (Å²) in [6, 6.07) is 10.8. The lowest BCUT2D eigenvalue weighted by molar-refractivity contribution is -0.123. The van der Waals surface area contributed by atoms with Crippen LogP contribution in [-0.4, -0.2) is 26.6 Å². The van der Waals surface area contributed by atoms with Gasteiger partial charge in [-0.2, -0.15) is 0 Å². The highest BCUT2D eigenvalue weighted by atomic mass is 32.2. The van der Waals surface area contributed by atoms with Gasteiger partial charge in [0, 0.05) is 0 Å². The second kappa shape index (κ2) is 9.65. The fraction of sp³-hybridized carbons (Fsp3) is 0.458. The molecule has 0 aliphatic rings. The predicted molar refractivity (Wildman–Crippen MR) is 124 cm³/mol. The second-order valence-electron chi connectivity index (χ2n) is 8.09. The van der Waals surface area contributed by atoms with Gasteiger partial charge in [-0.05, 0) is 74.4 Å². The summed E-state index contributed by atoms with van der Waals surface area (Å²) < 4.78 is 26.8. The molecule has 1 N–H and O–H groups in total. The molecule has 0 spiro atoms. The highest BCUT2D eigenvalue weighted by molar-refractivity contribution is 7.92. The minimum atomic E-state index is -3.66. The van der Waals surface area contributed by atoms with Crippen molar-refractivity contribution in [1.82, 2.24) is 5.32 Å². The molecule has 0 aromatic heterocycles. The molecule has 0 saturated heterocycles. The molecular weight excluding hydrogens is 396 g/mol. The number of carbonyl (C=O) groups excluding carboxylic acids is 1. The van der Waals surface area contributed by atoms with Gasteiger partial charge in [-0.1, -0.05) is 44.2 Å². The zero-order chi connectivity index (χ0) is 22.6. The van der Waals surface area contributed by atoms with Crippen LogP contribution in [0.4, 0.5) is 5.69 Å². The summed E-state index contributed by atoms with van der Waals surface area (Å²) in [6.07, 6.45) is 2.24. The third-order valence-corrected chi connectivity index (χ3v) is 6.76. The van der Waals surface area contributed by atoms with Gasteiger partial charge < -0.3 is 5.32 Å². The summed E-state index contributed by atoms with van der Waals surface area (Å²) in [7, 11) is -3.66. The average Bonchev–Trinajstić information content (AvgIpc) is 2.67. The molecule has 2 rings (SSSR count). The van der Waals surface area contributed by atoms with Gasteiger partial charge >= 0.3 is 0 Å². The third kappa shape index (κ3) is 5.42. The van der Waals surface area contributed by atoms with Gasteiger partial charge in [0.1, 0.15) is 6.04 Å². The smallest absolute Gasteiger partial charge is 0.244 e. The normalized spacial score (nSPS) is 13.6. The number of anilines is 1. The van der Waals surface area contributed by atoms with E-state index in [1.54, 1.807) is 0 Å². The fourth-order valence-electron chi connectivity index (χ4n) is 3.66. The van der Waals surface area contributed by atoms with E-state index in [0.717, 1.165) is 22.9 Å². The van der Waals surface area contributed by atoms with E-state index in [2.05, 4.69) is 24.4 Å². The van der Waals surface area contributed by atoms with Gasteiger partial charge in [-0.15, -0.1) is 0 Å². The molecule has 2 atom stereocenters. The first-order chi connectivity index (χ1) is 14.0. The molecule has 0 fully saturated rings. The summed E-state index contributed by atoms with van der Waals surface area (Å²) in [6.45, 7) is 11.7. The molecule has 0 bridgehead atoms. The topological polar surface area (TPSA) is 66.5 Å². The Balaban J connectivity index is 2.42. The first-order valence-electron chi connectivity index (χ1n) is 10.4. The predicted octanol–water partition coefficient (Wildman–Crippen LogP) is 4.73. The van der Waals surface area contributed by atoms with E-state index in [-0.39, 0.29) is 11.9 Å². The molecule has 0 heterocycles. The van der Waals surface area contributed by atoms with Crippen molar-refractivity contribution in [3.63, 3.8) is 0 Å². The van der Waals surface area contributed by atoms with Gasteiger partial charge in [0.15, 0.2) is 0 Å². The van der Waals surface area contributed by atoms with Crippen LogP contribution in [-0.2, 0) is 14.8 Å². The van der Waals surface area contributed by atoms with E-state index in [0.29, 0.717) is 18.5 Å². The minimum Gasteiger partial charge on any atom is -0.347 e. The third-order valence-electron chi connectivity index (χ3n) is 5.59. The van der Waals surface area contributed by atoms with Crippen LogP contribution >= 0.6 is 0 Å². The summed E-state index contributed by atoms with van der Waals surface area (Å²) in [5.74, 6) is -0.283. The number of benzene rings is 2. The minimum absolute atomic E-state index is 0.175. The molecule has 0 saturated carbocycles. The fourth-order valence-corrected chi connectivity index (χ4v) is 4.92. The summed E-state index contributed by atoms with van der Waals surface area (Å²) in [5, 5.41) is 3.09. The number of hydrogen-bond acceptors (Lipinski definition) is 3. The van der Waals surface area contributed by atoms with Gasteiger partial charge in [0.2, 0.25) is 15.9 Å². The molecule has 5 nitrogen and oxygen atoms in total. The number of carbonyl (C=O) groups is 1. The van der Waals surface area contributed by atoms with Crippen molar-refractivity contribution in [1.29, 1.82) is 0 Å². The van der Waals surface area contributed by atoms with Crippen molar-refractivity contribution < 1.29 is 13.2 Å². The zero-order valence-corrected chi connectivity index (χ0v) is 19.9. The number of sulfonamides is 1. The van der Waals surface area contributed by atoms with Crippen LogP contribution in [0.5, 0.6) is 0 Å². The molecule has 1 amide bonds. The molecule has 6 heteroatoms. The van der Waals surface area contributed by atoms with Crippen molar-refractivity contribution in [2.45, 2.75) is 66.5 Å². The van der Waals surface area contributed by atoms with Crippen molar-refractivity contribution in [2.24, 2.45) is 0 Å². The molecule has 0 aliphatic heterocycles. The molecule has 0 unspecified atom stereocenters. The Bertz CT molecular complexity index is 1020. The van der Waals surface area contributed by atoms with Gasteiger partial charge in [0.05, 0.1) is 18.0 Å². The summed E-state index contributed by atoms with van der Waals surface area (Å²) in [4.78, 5) is 13.3. The quantitative estimate of drug-likeness (QED) is 0.658. The van der Waals surface area contributed by atoms with Crippen molar-refractivity contribution in [3.8, 4) is 0 Å². The molecule has 30 heavy (non-hydrogen) atoms. The van der Waals surface area contributed by atoms with Crippen molar-refractivity contribution >= 4 is 21.6 Å². The standard InChI is InChI=1S/C24H34N2O3S/c1-8-21(20-13-12-17(4)19(6)15-20)25-24(27)22(9-2)26(30(7,28)29)23-14-16(3)10-11-18(23)5/h10-15,21-22H,8-9H2,1-7H3,(H,25,27)/t21-,22+/m0/s1. The van der Waals surface area contributed by atoms with E-state index in [4.69, 9.17) is 0 Å². The first-order valence-corrected chi connectivity index (χ1v) is 12.3. The maximum absolute atomic E-state index is 13.3. The molecule has 2 aromatic rings. The van der Waals surface area contributed by atoms with E-state index in [1.165, 1.54) is 15.4 Å². The lowest BCUT2D eigenvalue weighted by atomic mass is 9.99. The Morgan fingerprint density at radius 1 is 0.933 bits per heavy atom. The van der Waals surface area contributed by atoms with Gasteiger partial charge in [0.25, 0.3) is 0 Å². The van der Waals surface area contributed by atoms with Gasteiger partial charge in [-0.25, -0.2) is 8.42 Å². The summed E-state index contributed by atoms with van der Waals surface area (Å²) >= 11 is 0. The van der Waals surface area contributed by atoms with E-state index in [1.807, 2.05) is 58.9 Å². The van der Waals surface area contributed by atoms with Gasteiger partial charge in [-0.3, -0.25) is 9.10 Å². The largest absolute Gasteiger partial charge is 0.347 e. The Kier molecular flexibility index (Phi) is 7.70. The van der Waals surface area contributed by atoms with Crippen LogP contribution in [0, 0.1) is 27.7 Å². The SMILES string of the molecule is CC[C@H](NC(=O)[C@@H](CC)N(c1cc(C)ccc1C)S(C)(=O)=O)c1ccc(C)c(C)c1. The van der Waals surface area contributed by atoms with Crippen LogP contribution < -0.4 is 9.62 Å². The number of rotatable bonds is 8. The Morgan fingerprint density at radius 2 is 1.57 bits per heavy atom. The maximum Gasteiger partial charge on any atom is 0.244 e. The van der Waals surface area contributed by atoms with Crippen molar-refractivity contribution in [3.05, 3.63) is 64.2 Å². The van der Waals surface area contributed by atoms with Crippen molar-refractivity contribution in [2.75, 3.05) is 10.6 Å². The van der Waals surface area contributed by atoms with Crippen LogP contribution in [0.15, 0.2) is 36.4 Å². The highest BCUT2D eigenvalue weighted by Gasteiger charge is 2.33. The second-order valence-corrected chi connectivity index (χ2v) is 9.95. The van der Waals surface area contributed by atoms with Crippen LogP contribution in [0.3, 0.4) is 0 Å². The number of amides is 1. The Morgan fingerprint density at radius 3 is 2.10 bits per heavy atom. The number of hydrogen-bond donors (Lipinski definition) is 1. The van der Waals surface area contributed by atoms with E-state index < -0.39 is 16.1 Å². The number of nitrogens with zero attached hydrogens (tertiary/aromatic N) is 1. The average molecular weight is 431 g/mol. The maximum atomic E-state index is 13.3. The van der Waals surface area contributed by atoms with Crippen LogP contribution in [0.1, 0.15) is 60.5 Å². The highest BCUT2D eigenvalue weighted by Crippen LogP contribution is 2.28. The lowest BCUT2D eigenvalue weighted by Crippen LogP contribution is -2.50. The number of aryl methyl sites for hydroxylation is 4. The molecule has 0 radical (unpaired) electrons. The Hall–Kier alpha value is -2.34.